The second-order valence-electron chi connectivity index (χ2n) is 6.52. The highest BCUT2D eigenvalue weighted by molar-refractivity contribution is 6.29. The number of hydrogen-bond acceptors (Lipinski definition) is 4. The molecule has 6 nitrogen and oxygen atoms in total. The van der Waals surface area contributed by atoms with Crippen LogP contribution < -0.4 is 11.2 Å². The number of halogens is 1. The van der Waals surface area contributed by atoms with Crippen molar-refractivity contribution >= 4 is 11.6 Å². The van der Waals surface area contributed by atoms with Crippen molar-refractivity contribution in [2.75, 3.05) is 0 Å². The van der Waals surface area contributed by atoms with Crippen molar-refractivity contribution in [2.24, 2.45) is 0 Å². The fourth-order valence-electron chi connectivity index (χ4n) is 3.24. The molecule has 28 heavy (non-hydrogen) atoms. The first-order chi connectivity index (χ1) is 13.5. The van der Waals surface area contributed by atoms with Crippen molar-refractivity contribution in [2.45, 2.75) is 19.5 Å². The zero-order valence-corrected chi connectivity index (χ0v) is 15.9. The van der Waals surface area contributed by atoms with Crippen LogP contribution in [0.25, 0.3) is 11.4 Å². The van der Waals surface area contributed by atoms with Crippen LogP contribution in [0.5, 0.6) is 0 Å². The molecule has 1 aromatic heterocycles. The summed E-state index contributed by atoms with van der Waals surface area (Å²) >= 11 is 5.83. The second-order valence-corrected chi connectivity index (χ2v) is 6.91. The minimum absolute atomic E-state index is 0.351. The van der Waals surface area contributed by atoms with Gasteiger partial charge >= 0.3 is 5.69 Å². The zero-order chi connectivity index (χ0) is 19.7. The van der Waals surface area contributed by atoms with Gasteiger partial charge in [0.2, 0.25) is 0 Å². The molecule has 4 rings (SSSR count). The number of pyridine rings is 2. The zero-order valence-electron chi connectivity index (χ0n) is 15.1. The highest BCUT2D eigenvalue weighted by Gasteiger charge is 2.21. The Morgan fingerprint density at radius 3 is 2.54 bits per heavy atom. The standard InChI is InChI=1S/C21H17ClN4O2/c1-14(16-6-3-2-4-7-16)26-20(27)17-8-5-11-25(19(17)24-21(26)28)13-15-9-10-18(22)23-12-15/h2-12,14H,13H2,1H3. The van der Waals surface area contributed by atoms with Crippen molar-refractivity contribution in [3.05, 3.63) is 104 Å². The van der Waals surface area contributed by atoms with Gasteiger partial charge in [-0.1, -0.05) is 48.0 Å². The molecule has 0 radical (unpaired) electrons. The molecule has 1 unspecified atom stereocenters. The van der Waals surface area contributed by atoms with E-state index in [0.717, 1.165) is 11.1 Å². The van der Waals surface area contributed by atoms with Crippen LogP contribution in [0.4, 0.5) is 0 Å². The van der Waals surface area contributed by atoms with Crippen molar-refractivity contribution in [1.82, 2.24) is 19.1 Å². The fraction of sp³-hybridized carbons (Fsp3) is 0.143. The molecule has 0 fully saturated rings. The summed E-state index contributed by atoms with van der Waals surface area (Å²) in [5, 5.41) is 0.407. The molecule has 2 aliphatic heterocycles. The van der Waals surface area contributed by atoms with Gasteiger partial charge in [0.15, 0.2) is 5.82 Å². The number of fused-ring (bicyclic) bond motifs is 1. The maximum atomic E-state index is 13.1. The molecule has 0 N–H and O–H groups in total. The molecule has 2 aliphatic rings. The van der Waals surface area contributed by atoms with Crippen LogP contribution in [-0.4, -0.2) is 19.1 Å². The van der Waals surface area contributed by atoms with Crippen LogP contribution in [0.15, 0.2) is 76.6 Å². The van der Waals surface area contributed by atoms with Gasteiger partial charge in [-0.25, -0.2) is 9.78 Å². The molecule has 140 valence electrons. The molecular weight excluding hydrogens is 376 g/mol. The van der Waals surface area contributed by atoms with E-state index in [9.17, 15) is 9.59 Å². The summed E-state index contributed by atoms with van der Waals surface area (Å²) in [4.78, 5) is 34.1. The number of aromatic nitrogens is 4. The maximum absolute atomic E-state index is 13.1. The van der Waals surface area contributed by atoms with Gasteiger partial charge < -0.3 is 4.57 Å². The molecule has 0 amide bonds. The van der Waals surface area contributed by atoms with Crippen LogP contribution >= 0.6 is 11.6 Å². The minimum atomic E-state index is -0.567. The minimum Gasteiger partial charge on any atom is -0.328 e. The van der Waals surface area contributed by atoms with E-state index in [-0.39, 0.29) is 5.56 Å². The van der Waals surface area contributed by atoms with Gasteiger partial charge in [-0.05, 0) is 36.2 Å². The summed E-state index contributed by atoms with van der Waals surface area (Å²) in [7, 11) is 0. The molecule has 0 saturated carbocycles. The molecule has 2 aromatic rings. The largest absolute Gasteiger partial charge is 0.353 e. The lowest BCUT2D eigenvalue weighted by Gasteiger charge is -2.18. The SMILES string of the molecule is CC(c1ccccc1)n1c(=O)nc2n(Cc3ccc(Cl)nc3)cccc-2c1=O. The maximum Gasteiger partial charge on any atom is 0.353 e. The number of rotatable bonds is 4. The summed E-state index contributed by atoms with van der Waals surface area (Å²) in [6.07, 6.45) is 3.44. The lowest BCUT2D eigenvalue weighted by molar-refractivity contribution is 0.573. The van der Waals surface area contributed by atoms with E-state index in [4.69, 9.17) is 11.6 Å². The van der Waals surface area contributed by atoms with Gasteiger partial charge in [0.1, 0.15) is 5.15 Å². The van der Waals surface area contributed by atoms with E-state index in [1.165, 1.54) is 4.57 Å². The van der Waals surface area contributed by atoms with Gasteiger partial charge in [0, 0.05) is 12.4 Å². The first kappa shape index (κ1) is 18.1. The molecule has 3 heterocycles. The topological polar surface area (TPSA) is 69.8 Å². The predicted molar refractivity (Wildman–Crippen MR) is 108 cm³/mol. The second kappa shape index (κ2) is 7.40. The van der Waals surface area contributed by atoms with E-state index in [1.807, 2.05) is 43.3 Å². The van der Waals surface area contributed by atoms with Gasteiger partial charge in [0.05, 0.1) is 18.2 Å². The fourth-order valence-corrected chi connectivity index (χ4v) is 3.35. The Morgan fingerprint density at radius 1 is 1.04 bits per heavy atom. The summed E-state index contributed by atoms with van der Waals surface area (Å²) in [5.41, 5.74) is 1.24. The molecule has 7 heteroatoms. The molecule has 0 spiro atoms. The Hall–Kier alpha value is -3.25. The first-order valence-corrected chi connectivity index (χ1v) is 9.19. The molecule has 1 aromatic carbocycles. The predicted octanol–water partition coefficient (Wildman–Crippen LogP) is 3.22. The van der Waals surface area contributed by atoms with Gasteiger partial charge in [-0.2, -0.15) is 4.98 Å². The Labute approximate surface area is 166 Å². The Bertz CT molecular complexity index is 1200. The Kier molecular flexibility index (Phi) is 4.79. The third kappa shape index (κ3) is 3.34. The highest BCUT2D eigenvalue weighted by Crippen LogP contribution is 2.18. The Morgan fingerprint density at radius 2 is 1.82 bits per heavy atom. The van der Waals surface area contributed by atoms with Crippen LogP contribution in [0, 0.1) is 0 Å². The quantitative estimate of drug-likeness (QED) is 0.500. The Balaban J connectivity index is 1.82. The van der Waals surface area contributed by atoms with Crippen LogP contribution in [0.1, 0.15) is 24.1 Å². The normalized spacial score (nSPS) is 12.2. The molecule has 0 bridgehead atoms. The van der Waals surface area contributed by atoms with E-state index in [2.05, 4.69) is 9.97 Å². The molecular formula is C21H17ClN4O2. The number of nitrogens with zero attached hydrogens (tertiary/aromatic N) is 4. The van der Waals surface area contributed by atoms with Gasteiger partial charge in [-0.15, -0.1) is 0 Å². The first-order valence-electron chi connectivity index (χ1n) is 8.81. The molecule has 0 aliphatic carbocycles. The summed E-state index contributed by atoms with van der Waals surface area (Å²) < 4.78 is 2.96. The summed E-state index contributed by atoms with van der Waals surface area (Å²) in [6, 6.07) is 16.0. The molecule has 1 atom stereocenters. The summed E-state index contributed by atoms with van der Waals surface area (Å²) in [5.74, 6) is 0.351. The van der Waals surface area contributed by atoms with Crippen molar-refractivity contribution < 1.29 is 0 Å². The van der Waals surface area contributed by atoms with Crippen molar-refractivity contribution in [3.8, 4) is 11.4 Å². The van der Waals surface area contributed by atoms with E-state index in [0.29, 0.717) is 23.1 Å². The lowest BCUT2D eigenvalue weighted by Crippen LogP contribution is -2.40. The van der Waals surface area contributed by atoms with Gasteiger partial charge in [0.25, 0.3) is 5.56 Å². The van der Waals surface area contributed by atoms with E-state index < -0.39 is 11.7 Å². The smallest absolute Gasteiger partial charge is 0.328 e. The third-order valence-electron chi connectivity index (χ3n) is 4.71. The van der Waals surface area contributed by atoms with Crippen LogP contribution in [-0.2, 0) is 6.54 Å². The van der Waals surface area contributed by atoms with Crippen LogP contribution in [0.2, 0.25) is 5.15 Å². The van der Waals surface area contributed by atoms with Gasteiger partial charge in [-0.3, -0.25) is 9.36 Å². The number of benzene rings is 1. The number of hydrogen-bond donors (Lipinski definition) is 0. The van der Waals surface area contributed by atoms with Crippen LogP contribution in [0.3, 0.4) is 0 Å². The monoisotopic (exact) mass is 392 g/mol. The summed E-state index contributed by atoms with van der Waals surface area (Å²) in [6.45, 7) is 2.24. The third-order valence-corrected chi connectivity index (χ3v) is 4.93. The highest BCUT2D eigenvalue weighted by atomic mass is 35.5. The lowest BCUT2D eigenvalue weighted by atomic mass is 10.1. The average Bonchev–Trinajstić information content (AvgIpc) is 2.71. The van der Waals surface area contributed by atoms with E-state index in [1.54, 1.807) is 35.2 Å². The van der Waals surface area contributed by atoms with E-state index >= 15 is 0 Å². The van der Waals surface area contributed by atoms with Crippen molar-refractivity contribution in [1.29, 1.82) is 0 Å². The average molecular weight is 393 g/mol. The molecule has 0 saturated heterocycles. The van der Waals surface area contributed by atoms with Crippen molar-refractivity contribution in [3.63, 3.8) is 0 Å².